The standard InChI is InChI=1S/C14H27N3/c1-7-13-11(5)16-17(12(13)6)14(10(3)4)9-15-8-2/h10,14-15H,7-9H2,1-6H3. The number of hydrogen-bond acceptors (Lipinski definition) is 2. The molecule has 0 fully saturated rings. The minimum absolute atomic E-state index is 0.453. The van der Waals surface area contributed by atoms with Crippen molar-refractivity contribution in [1.29, 1.82) is 0 Å². The zero-order valence-electron chi connectivity index (χ0n) is 12.2. The summed E-state index contributed by atoms with van der Waals surface area (Å²) in [4.78, 5) is 0. The molecule has 1 unspecified atom stereocenters. The maximum Gasteiger partial charge on any atom is 0.0669 e. The van der Waals surface area contributed by atoms with E-state index in [4.69, 9.17) is 5.10 Å². The van der Waals surface area contributed by atoms with Gasteiger partial charge in [-0.1, -0.05) is 27.7 Å². The zero-order valence-corrected chi connectivity index (χ0v) is 12.2. The van der Waals surface area contributed by atoms with Crippen LogP contribution in [0.25, 0.3) is 0 Å². The number of aromatic nitrogens is 2. The molecule has 1 aromatic heterocycles. The Morgan fingerprint density at radius 1 is 1.24 bits per heavy atom. The Morgan fingerprint density at radius 3 is 2.29 bits per heavy atom. The van der Waals surface area contributed by atoms with Gasteiger partial charge in [-0.05, 0) is 38.3 Å². The Labute approximate surface area is 106 Å². The van der Waals surface area contributed by atoms with Crippen LogP contribution in [0, 0.1) is 19.8 Å². The third-order valence-electron chi connectivity index (χ3n) is 3.52. The maximum atomic E-state index is 4.73. The van der Waals surface area contributed by atoms with Gasteiger partial charge >= 0.3 is 0 Å². The number of likely N-dealkylation sites (N-methyl/N-ethyl adjacent to an activating group) is 1. The van der Waals surface area contributed by atoms with Gasteiger partial charge in [0, 0.05) is 12.2 Å². The van der Waals surface area contributed by atoms with Crippen LogP contribution < -0.4 is 5.32 Å². The highest BCUT2D eigenvalue weighted by atomic mass is 15.3. The SMILES string of the molecule is CCNCC(C(C)C)n1nc(C)c(CC)c1C. The lowest BCUT2D eigenvalue weighted by atomic mass is 10.0. The lowest BCUT2D eigenvalue weighted by Gasteiger charge is -2.23. The Hall–Kier alpha value is -0.830. The van der Waals surface area contributed by atoms with Gasteiger partial charge in [-0.15, -0.1) is 0 Å². The summed E-state index contributed by atoms with van der Waals surface area (Å²) in [6, 6.07) is 0.453. The molecule has 1 heterocycles. The summed E-state index contributed by atoms with van der Waals surface area (Å²) >= 11 is 0. The number of hydrogen-bond donors (Lipinski definition) is 1. The monoisotopic (exact) mass is 237 g/mol. The molecule has 0 aliphatic rings. The molecule has 0 bridgehead atoms. The van der Waals surface area contributed by atoms with E-state index in [9.17, 15) is 0 Å². The Morgan fingerprint density at radius 2 is 1.88 bits per heavy atom. The lowest BCUT2D eigenvalue weighted by molar-refractivity contribution is 0.326. The van der Waals surface area contributed by atoms with Crippen molar-refractivity contribution in [2.45, 2.75) is 54.0 Å². The van der Waals surface area contributed by atoms with E-state index in [1.54, 1.807) is 0 Å². The van der Waals surface area contributed by atoms with Crippen molar-refractivity contribution in [3.63, 3.8) is 0 Å². The fourth-order valence-electron chi connectivity index (χ4n) is 2.43. The van der Waals surface area contributed by atoms with E-state index in [-0.39, 0.29) is 0 Å². The molecule has 3 nitrogen and oxygen atoms in total. The number of rotatable bonds is 6. The highest BCUT2D eigenvalue weighted by molar-refractivity contribution is 5.24. The first kappa shape index (κ1) is 14.2. The second-order valence-corrected chi connectivity index (χ2v) is 5.07. The summed E-state index contributed by atoms with van der Waals surface area (Å²) < 4.78 is 2.22. The van der Waals surface area contributed by atoms with Gasteiger partial charge in [-0.2, -0.15) is 5.10 Å². The molecule has 0 saturated heterocycles. The van der Waals surface area contributed by atoms with Crippen LogP contribution in [0.15, 0.2) is 0 Å². The topological polar surface area (TPSA) is 29.9 Å². The van der Waals surface area contributed by atoms with E-state index >= 15 is 0 Å². The fraction of sp³-hybridized carbons (Fsp3) is 0.786. The van der Waals surface area contributed by atoms with Crippen LogP contribution >= 0.6 is 0 Å². The average molecular weight is 237 g/mol. The molecule has 98 valence electrons. The van der Waals surface area contributed by atoms with E-state index in [0.717, 1.165) is 19.5 Å². The van der Waals surface area contributed by atoms with Crippen molar-refractivity contribution in [3.8, 4) is 0 Å². The van der Waals surface area contributed by atoms with Crippen molar-refractivity contribution >= 4 is 0 Å². The van der Waals surface area contributed by atoms with E-state index < -0.39 is 0 Å². The van der Waals surface area contributed by atoms with Crippen molar-refractivity contribution in [2.75, 3.05) is 13.1 Å². The molecule has 0 aromatic carbocycles. The number of nitrogens with one attached hydrogen (secondary N) is 1. The lowest BCUT2D eigenvalue weighted by Crippen LogP contribution is -2.30. The highest BCUT2D eigenvalue weighted by Gasteiger charge is 2.20. The maximum absolute atomic E-state index is 4.73. The normalized spacial score (nSPS) is 13.4. The van der Waals surface area contributed by atoms with Crippen LogP contribution in [-0.4, -0.2) is 22.9 Å². The van der Waals surface area contributed by atoms with Crippen molar-refractivity contribution < 1.29 is 0 Å². The predicted octanol–water partition coefficient (Wildman–Crippen LogP) is 2.87. The van der Waals surface area contributed by atoms with Crippen LogP contribution in [-0.2, 0) is 6.42 Å². The predicted molar refractivity (Wildman–Crippen MR) is 73.5 cm³/mol. The third-order valence-corrected chi connectivity index (χ3v) is 3.52. The van der Waals surface area contributed by atoms with Gasteiger partial charge in [0.25, 0.3) is 0 Å². The second kappa shape index (κ2) is 6.20. The van der Waals surface area contributed by atoms with Crippen LogP contribution in [0.4, 0.5) is 0 Å². The largest absolute Gasteiger partial charge is 0.315 e. The molecule has 1 aromatic rings. The Bertz CT molecular complexity index is 353. The second-order valence-electron chi connectivity index (χ2n) is 5.07. The van der Waals surface area contributed by atoms with Crippen LogP contribution in [0.2, 0.25) is 0 Å². The summed E-state index contributed by atoms with van der Waals surface area (Å²) in [7, 11) is 0. The van der Waals surface area contributed by atoms with Crippen molar-refractivity contribution in [3.05, 3.63) is 17.0 Å². The molecule has 1 rings (SSSR count). The molecular formula is C14H27N3. The molecule has 1 atom stereocenters. The van der Waals surface area contributed by atoms with E-state index in [2.05, 4.69) is 51.5 Å². The van der Waals surface area contributed by atoms with E-state index in [1.165, 1.54) is 17.0 Å². The Balaban J connectivity index is 3.01. The smallest absolute Gasteiger partial charge is 0.0669 e. The number of aryl methyl sites for hydroxylation is 1. The molecule has 1 N–H and O–H groups in total. The summed E-state index contributed by atoms with van der Waals surface area (Å²) in [5.74, 6) is 0.594. The van der Waals surface area contributed by atoms with Crippen molar-refractivity contribution in [1.82, 2.24) is 15.1 Å². The molecule has 0 aliphatic carbocycles. The van der Waals surface area contributed by atoms with Gasteiger partial charge < -0.3 is 5.32 Å². The minimum atomic E-state index is 0.453. The minimum Gasteiger partial charge on any atom is -0.315 e. The van der Waals surface area contributed by atoms with Crippen LogP contribution in [0.5, 0.6) is 0 Å². The first-order valence-electron chi connectivity index (χ1n) is 6.78. The first-order valence-corrected chi connectivity index (χ1v) is 6.78. The number of nitrogens with zero attached hydrogens (tertiary/aromatic N) is 2. The Kier molecular flexibility index (Phi) is 5.19. The molecule has 0 saturated carbocycles. The molecule has 0 aliphatic heterocycles. The van der Waals surface area contributed by atoms with Gasteiger partial charge in [-0.3, -0.25) is 4.68 Å². The zero-order chi connectivity index (χ0) is 13.0. The van der Waals surface area contributed by atoms with Crippen LogP contribution in [0.1, 0.15) is 50.7 Å². The molecule has 0 radical (unpaired) electrons. The van der Waals surface area contributed by atoms with Crippen molar-refractivity contribution in [2.24, 2.45) is 5.92 Å². The summed E-state index contributed by atoms with van der Waals surface area (Å²) in [6.07, 6.45) is 1.07. The fourth-order valence-corrected chi connectivity index (χ4v) is 2.43. The van der Waals surface area contributed by atoms with Gasteiger partial charge in [-0.25, -0.2) is 0 Å². The van der Waals surface area contributed by atoms with Gasteiger partial charge in [0.2, 0.25) is 0 Å². The summed E-state index contributed by atoms with van der Waals surface area (Å²) in [5.41, 5.74) is 3.93. The summed E-state index contributed by atoms with van der Waals surface area (Å²) in [5, 5.41) is 8.17. The van der Waals surface area contributed by atoms with Crippen LogP contribution in [0.3, 0.4) is 0 Å². The molecule has 3 heteroatoms. The molecular weight excluding hydrogens is 210 g/mol. The molecule has 17 heavy (non-hydrogen) atoms. The van der Waals surface area contributed by atoms with Gasteiger partial charge in [0.1, 0.15) is 0 Å². The van der Waals surface area contributed by atoms with Gasteiger partial charge in [0.15, 0.2) is 0 Å². The van der Waals surface area contributed by atoms with Gasteiger partial charge in [0.05, 0.1) is 11.7 Å². The highest BCUT2D eigenvalue weighted by Crippen LogP contribution is 2.22. The molecule has 0 spiro atoms. The van der Waals surface area contributed by atoms with E-state index in [0.29, 0.717) is 12.0 Å². The summed E-state index contributed by atoms with van der Waals surface area (Å²) in [6.45, 7) is 15.2. The average Bonchev–Trinajstić information content (AvgIpc) is 2.54. The molecule has 0 amide bonds. The third kappa shape index (κ3) is 3.09. The quantitative estimate of drug-likeness (QED) is 0.824. The van der Waals surface area contributed by atoms with E-state index in [1.807, 2.05) is 0 Å². The first-order chi connectivity index (χ1) is 8.02.